The Balaban J connectivity index is 1.45. The van der Waals surface area contributed by atoms with E-state index in [0.29, 0.717) is 11.4 Å². The number of nitrogens with zero attached hydrogens (tertiary/aromatic N) is 6. The highest BCUT2D eigenvalue weighted by atomic mass is 16.6. The summed E-state index contributed by atoms with van der Waals surface area (Å²) in [6.45, 7) is 0. The molecule has 45 heavy (non-hydrogen) atoms. The van der Waals surface area contributed by atoms with E-state index in [1.807, 2.05) is 60.7 Å². The maximum Gasteiger partial charge on any atom is 0.316 e. The van der Waals surface area contributed by atoms with E-state index in [1.54, 1.807) is 4.90 Å². The number of carbonyl (C=O) groups excluding carboxylic acids is 2. The quantitative estimate of drug-likeness (QED) is 0.140. The van der Waals surface area contributed by atoms with Crippen molar-refractivity contribution in [2.75, 3.05) is 15.8 Å². The van der Waals surface area contributed by atoms with Gasteiger partial charge in [-0.15, -0.1) is 0 Å². The van der Waals surface area contributed by atoms with Crippen molar-refractivity contribution in [1.29, 1.82) is 0 Å². The van der Waals surface area contributed by atoms with Gasteiger partial charge in [0.1, 0.15) is 0 Å². The third-order valence-corrected chi connectivity index (χ3v) is 6.12. The predicted octanol–water partition coefficient (Wildman–Crippen LogP) is 3.54. The van der Waals surface area contributed by atoms with Gasteiger partial charge >= 0.3 is 11.4 Å². The lowest BCUT2D eigenvalue weighted by molar-refractivity contribution is -0.418. The van der Waals surface area contributed by atoms with Crippen LogP contribution in [0, 0.1) is 20.2 Å². The average Bonchev–Trinajstić information content (AvgIpc) is 3.03. The van der Waals surface area contributed by atoms with Gasteiger partial charge in [-0.2, -0.15) is 15.0 Å². The van der Waals surface area contributed by atoms with Crippen molar-refractivity contribution in [3.05, 3.63) is 152 Å². The molecule has 16 nitrogen and oxygen atoms in total. The minimum Gasteiger partial charge on any atom is -0.305 e. The molecule has 0 bridgehead atoms. The third-order valence-electron chi connectivity index (χ3n) is 6.12. The predicted molar refractivity (Wildman–Crippen MR) is 163 cm³/mol. The number of benzene rings is 2. The van der Waals surface area contributed by atoms with Crippen molar-refractivity contribution in [1.82, 2.24) is 25.8 Å². The Morgan fingerprint density at radius 2 is 1.07 bits per heavy atom. The summed E-state index contributed by atoms with van der Waals surface area (Å²) in [6.07, 6.45) is 10.2. The standard InChI is InChI=1S/C29H22N10O6/c40-25-19(9-7-15-23(25)38(42)43)17-30-35-27-32-28(36-31-18-20-10-8-16-24(26(20)41)39(44)45)34-29(33-27)37(21-11-3-1-4-12-21)22-13-5-2-6-14-22/h1-18,30-31H,(H2,32,33,34,35,36)/b19-17+,20-18+. The van der Waals surface area contributed by atoms with E-state index in [-0.39, 0.29) is 29.0 Å². The second-order valence-corrected chi connectivity index (χ2v) is 9.02. The van der Waals surface area contributed by atoms with Crippen LogP contribution in [0.4, 0.5) is 29.2 Å². The molecule has 224 valence electrons. The Morgan fingerprint density at radius 1 is 0.644 bits per heavy atom. The largest absolute Gasteiger partial charge is 0.316 e. The zero-order valence-electron chi connectivity index (χ0n) is 23.0. The first-order chi connectivity index (χ1) is 21.8. The topological polar surface area (TPSA) is 210 Å². The second-order valence-electron chi connectivity index (χ2n) is 9.02. The van der Waals surface area contributed by atoms with Crippen molar-refractivity contribution in [2.45, 2.75) is 0 Å². The maximum absolute atomic E-state index is 12.4. The van der Waals surface area contributed by atoms with Crippen molar-refractivity contribution >= 4 is 40.8 Å². The van der Waals surface area contributed by atoms with Crippen LogP contribution in [0.25, 0.3) is 0 Å². The van der Waals surface area contributed by atoms with Crippen LogP contribution < -0.4 is 26.6 Å². The van der Waals surface area contributed by atoms with Crippen LogP contribution in [0.3, 0.4) is 0 Å². The van der Waals surface area contributed by atoms with Gasteiger partial charge in [0.05, 0.1) is 9.85 Å². The van der Waals surface area contributed by atoms with Crippen LogP contribution in [0.1, 0.15) is 0 Å². The Hall–Kier alpha value is -6.97. The van der Waals surface area contributed by atoms with Crippen molar-refractivity contribution < 1.29 is 19.4 Å². The molecule has 0 fully saturated rings. The summed E-state index contributed by atoms with van der Waals surface area (Å²) in [4.78, 5) is 60.7. The fourth-order valence-corrected chi connectivity index (χ4v) is 4.07. The molecular weight excluding hydrogens is 584 g/mol. The van der Waals surface area contributed by atoms with Gasteiger partial charge in [-0.3, -0.25) is 45.6 Å². The van der Waals surface area contributed by atoms with Gasteiger partial charge in [-0.1, -0.05) is 48.6 Å². The Kier molecular flexibility index (Phi) is 8.75. The van der Waals surface area contributed by atoms with Gasteiger partial charge in [-0.25, -0.2) is 0 Å². The third kappa shape index (κ3) is 6.92. The second kappa shape index (κ2) is 13.3. The lowest BCUT2D eigenvalue weighted by Crippen LogP contribution is -2.25. The molecular formula is C29H22N10O6. The van der Waals surface area contributed by atoms with Gasteiger partial charge in [-0.05, 0) is 36.4 Å². The van der Waals surface area contributed by atoms with Crippen LogP contribution in [0.5, 0.6) is 0 Å². The number of hydrogen-bond acceptors (Lipinski definition) is 14. The minimum atomic E-state index is -0.784. The minimum absolute atomic E-state index is 0.0150. The fourth-order valence-electron chi connectivity index (χ4n) is 4.07. The normalized spacial score (nSPS) is 15.7. The monoisotopic (exact) mass is 606 g/mol. The van der Waals surface area contributed by atoms with Gasteiger partial charge in [0.25, 0.3) is 11.6 Å². The molecule has 0 aliphatic heterocycles. The summed E-state index contributed by atoms with van der Waals surface area (Å²) in [5, 5.41) is 22.3. The fraction of sp³-hybridized carbons (Fsp3) is 0. The van der Waals surface area contributed by atoms with E-state index in [2.05, 4.69) is 36.7 Å². The number of hydrogen-bond donors (Lipinski definition) is 4. The van der Waals surface area contributed by atoms with E-state index in [4.69, 9.17) is 0 Å². The molecule has 1 aromatic heterocycles. The zero-order chi connectivity index (χ0) is 31.8. The van der Waals surface area contributed by atoms with Crippen molar-refractivity contribution in [2.24, 2.45) is 0 Å². The molecule has 0 atom stereocenters. The van der Waals surface area contributed by atoms with Crippen molar-refractivity contribution in [3.8, 4) is 0 Å². The van der Waals surface area contributed by atoms with E-state index in [1.165, 1.54) is 36.7 Å². The molecule has 2 aliphatic carbocycles. The molecule has 2 aliphatic rings. The number of anilines is 5. The highest BCUT2D eigenvalue weighted by Crippen LogP contribution is 2.32. The summed E-state index contributed by atoms with van der Waals surface area (Å²) >= 11 is 0. The molecule has 0 spiro atoms. The zero-order valence-corrected chi connectivity index (χ0v) is 23.0. The number of nitro groups is 2. The van der Waals surface area contributed by atoms with E-state index in [0.717, 1.165) is 12.2 Å². The van der Waals surface area contributed by atoms with E-state index < -0.39 is 32.8 Å². The van der Waals surface area contributed by atoms with Crippen LogP contribution in [-0.4, -0.2) is 36.4 Å². The average molecular weight is 607 g/mol. The first kappa shape index (κ1) is 29.5. The molecule has 5 rings (SSSR count). The summed E-state index contributed by atoms with van der Waals surface area (Å²) in [6, 6.07) is 18.5. The number of hydrazine groups is 2. The highest BCUT2D eigenvalue weighted by Gasteiger charge is 2.27. The van der Waals surface area contributed by atoms with E-state index in [9.17, 15) is 29.8 Å². The molecule has 16 heteroatoms. The van der Waals surface area contributed by atoms with Gasteiger partial charge in [0.2, 0.25) is 17.8 Å². The van der Waals surface area contributed by atoms with Gasteiger partial charge in [0, 0.05) is 47.1 Å². The maximum atomic E-state index is 12.4. The van der Waals surface area contributed by atoms with Crippen LogP contribution >= 0.6 is 0 Å². The number of Topliss-reactive ketones (excluding diaryl/α,β-unsaturated/α-hetero) is 2. The first-order valence-corrected chi connectivity index (χ1v) is 13.1. The molecule has 3 aromatic rings. The lowest BCUT2D eigenvalue weighted by Gasteiger charge is -2.23. The molecule has 0 saturated heterocycles. The Morgan fingerprint density at radius 3 is 1.47 bits per heavy atom. The Bertz CT molecular complexity index is 1720. The highest BCUT2D eigenvalue weighted by molar-refractivity contribution is 6.10. The van der Waals surface area contributed by atoms with Crippen LogP contribution in [0.2, 0.25) is 0 Å². The molecule has 0 unspecified atom stereocenters. The molecule has 2 aromatic carbocycles. The Labute approximate surface area is 254 Å². The first-order valence-electron chi connectivity index (χ1n) is 13.1. The van der Waals surface area contributed by atoms with Crippen molar-refractivity contribution in [3.63, 3.8) is 0 Å². The number of nitrogens with one attached hydrogen (secondary N) is 4. The summed E-state index contributed by atoms with van der Waals surface area (Å²) in [7, 11) is 0. The summed E-state index contributed by atoms with van der Waals surface area (Å²) in [5.74, 6) is -1.48. The molecule has 4 N–H and O–H groups in total. The molecule has 0 amide bonds. The van der Waals surface area contributed by atoms with E-state index >= 15 is 0 Å². The number of para-hydroxylation sites is 2. The number of ketones is 2. The number of rotatable bonds is 11. The van der Waals surface area contributed by atoms with Gasteiger partial charge < -0.3 is 10.9 Å². The smallest absolute Gasteiger partial charge is 0.305 e. The van der Waals surface area contributed by atoms with Crippen LogP contribution in [0.15, 0.2) is 132 Å². The molecule has 0 saturated carbocycles. The molecule has 1 heterocycles. The number of aromatic nitrogens is 3. The summed E-state index contributed by atoms with van der Waals surface area (Å²) in [5.41, 5.74) is 11.1. The lowest BCUT2D eigenvalue weighted by atomic mass is 10.1. The SMILES string of the molecule is O=C1C([N+](=O)[O-])=CC=C/C1=C\NNc1nc(NN/C=C2\C=CC=C([N+](=O)[O-])C2=O)nc(N(c2ccccc2)c2ccccc2)n1. The summed E-state index contributed by atoms with van der Waals surface area (Å²) < 4.78 is 0. The van der Waals surface area contributed by atoms with Gasteiger partial charge in [0.15, 0.2) is 0 Å². The van der Waals surface area contributed by atoms with Crippen LogP contribution in [-0.2, 0) is 9.59 Å². The number of allylic oxidation sites excluding steroid dienone is 8. The molecule has 0 radical (unpaired) electrons. The number of carbonyl (C=O) groups is 2.